The fraction of sp³-hybridized carbons (Fsp3) is 0.571. The van der Waals surface area contributed by atoms with E-state index in [-0.39, 0.29) is 6.10 Å². The normalized spacial score (nSPS) is 12.5. The van der Waals surface area contributed by atoms with Gasteiger partial charge in [0.05, 0.1) is 20.3 Å². The van der Waals surface area contributed by atoms with Crippen molar-refractivity contribution in [2.45, 2.75) is 12.6 Å². The van der Waals surface area contributed by atoms with Gasteiger partial charge in [0.15, 0.2) is 0 Å². The summed E-state index contributed by atoms with van der Waals surface area (Å²) >= 11 is 0. The average molecular weight is 268 g/mol. The highest BCUT2D eigenvalue weighted by molar-refractivity contribution is 5.38. The first-order chi connectivity index (χ1) is 9.05. The molecule has 0 spiro atoms. The van der Waals surface area contributed by atoms with E-state index in [1.807, 2.05) is 37.2 Å². The molecule has 0 aromatic heterocycles. The van der Waals surface area contributed by atoms with E-state index < -0.39 is 0 Å². The van der Waals surface area contributed by atoms with Gasteiger partial charge >= 0.3 is 0 Å². The zero-order valence-corrected chi connectivity index (χ0v) is 12.1. The number of nitrogens with one attached hydrogen (secondary N) is 1. The Morgan fingerprint density at radius 2 is 1.74 bits per heavy atom. The molecular weight excluding hydrogens is 244 g/mol. The summed E-state index contributed by atoms with van der Waals surface area (Å²) in [6, 6.07) is 5.74. The van der Waals surface area contributed by atoms with E-state index >= 15 is 0 Å². The van der Waals surface area contributed by atoms with Crippen LogP contribution in [0.25, 0.3) is 0 Å². The summed E-state index contributed by atoms with van der Waals surface area (Å²) in [5, 5.41) is 13.0. The third-order valence-electron chi connectivity index (χ3n) is 2.70. The van der Waals surface area contributed by atoms with Gasteiger partial charge in [-0.3, -0.25) is 0 Å². The zero-order valence-electron chi connectivity index (χ0n) is 12.1. The van der Waals surface area contributed by atoms with Crippen molar-refractivity contribution in [1.82, 2.24) is 10.2 Å². The Bertz CT molecular complexity index is 361. The molecule has 0 aliphatic carbocycles. The first-order valence-electron chi connectivity index (χ1n) is 6.30. The highest BCUT2D eigenvalue weighted by Crippen LogP contribution is 2.22. The largest absolute Gasteiger partial charge is 0.497 e. The van der Waals surface area contributed by atoms with Gasteiger partial charge < -0.3 is 24.8 Å². The van der Waals surface area contributed by atoms with Gasteiger partial charge in [-0.1, -0.05) is 0 Å². The first-order valence-corrected chi connectivity index (χ1v) is 6.30. The number of aliphatic hydroxyl groups is 1. The highest BCUT2D eigenvalue weighted by atomic mass is 16.5. The molecule has 108 valence electrons. The van der Waals surface area contributed by atoms with Crippen molar-refractivity contribution in [3.8, 4) is 11.5 Å². The van der Waals surface area contributed by atoms with E-state index in [1.165, 1.54) is 0 Å². The SMILES string of the molecule is COc1cc(CNCC(O)CN(C)C)cc(OC)c1. The molecule has 0 saturated carbocycles. The number of methoxy groups -OCH3 is 2. The summed E-state index contributed by atoms with van der Waals surface area (Å²) in [6.45, 7) is 1.87. The molecular formula is C14H24N2O3. The van der Waals surface area contributed by atoms with Crippen molar-refractivity contribution in [2.24, 2.45) is 0 Å². The number of likely N-dealkylation sites (N-methyl/N-ethyl adjacent to an activating group) is 1. The van der Waals surface area contributed by atoms with E-state index in [4.69, 9.17) is 9.47 Å². The minimum absolute atomic E-state index is 0.373. The average Bonchev–Trinajstić information content (AvgIpc) is 2.37. The van der Waals surface area contributed by atoms with Crippen LogP contribution < -0.4 is 14.8 Å². The van der Waals surface area contributed by atoms with Crippen LogP contribution in [0.4, 0.5) is 0 Å². The van der Waals surface area contributed by atoms with Crippen LogP contribution in [-0.2, 0) is 6.54 Å². The quantitative estimate of drug-likeness (QED) is 0.727. The molecule has 0 heterocycles. The van der Waals surface area contributed by atoms with Crippen LogP contribution in [0.2, 0.25) is 0 Å². The molecule has 1 aromatic carbocycles. The molecule has 1 unspecified atom stereocenters. The molecule has 1 aromatic rings. The van der Waals surface area contributed by atoms with Crippen molar-refractivity contribution < 1.29 is 14.6 Å². The van der Waals surface area contributed by atoms with Crippen molar-refractivity contribution in [3.05, 3.63) is 23.8 Å². The Morgan fingerprint density at radius 1 is 1.16 bits per heavy atom. The Kier molecular flexibility index (Phi) is 6.62. The fourth-order valence-electron chi connectivity index (χ4n) is 1.84. The Labute approximate surface area is 115 Å². The van der Waals surface area contributed by atoms with Gasteiger partial charge in [0.2, 0.25) is 0 Å². The van der Waals surface area contributed by atoms with Crippen LogP contribution in [0.5, 0.6) is 11.5 Å². The van der Waals surface area contributed by atoms with Gasteiger partial charge in [-0.05, 0) is 31.8 Å². The number of benzene rings is 1. The maximum atomic E-state index is 9.75. The van der Waals surface area contributed by atoms with Crippen LogP contribution in [-0.4, -0.2) is 57.5 Å². The number of hydrogen-bond acceptors (Lipinski definition) is 5. The van der Waals surface area contributed by atoms with Crippen LogP contribution in [0.15, 0.2) is 18.2 Å². The molecule has 0 amide bonds. The fourth-order valence-corrected chi connectivity index (χ4v) is 1.84. The second-order valence-electron chi connectivity index (χ2n) is 4.77. The standard InChI is InChI=1S/C14H24N2O3/c1-16(2)10-12(17)9-15-8-11-5-13(18-3)7-14(6-11)19-4/h5-7,12,15,17H,8-10H2,1-4H3. The number of hydrogen-bond donors (Lipinski definition) is 2. The van der Waals surface area contributed by atoms with Crippen molar-refractivity contribution in [1.29, 1.82) is 0 Å². The third-order valence-corrected chi connectivity index (χ3v) is 2.70. The number of rotatable bonds is 8. The molecule has 0 fully saturated rings. The smallest absolute Gasteiger partial charge is 0.122 e. The molecule has 19 heavy (non-hydrogen) atoms. The van der Waals surface area contributed by atoms with E-state index in [2.05, 4.69) is 5.32 Å². The van der Waals surface area contributed by atoms with Crippen molar-refractivity contribution in [3.63, 3.8) is 0 Å². The molecule has 0 bridgehead atoms. The molecule has 0 aliphatic rings. The van der Waals surface area contributed by atoms with Crippen LogP contribution in [0, 0.1) is 0 Å². The van der Waals surface area contributed by atoms with E-state index in [0.29, 0.717) is 19.6 Å². The van der Waals surface area contributed by atoms with E-state index in [0.717, 1.165) is 17.1 Å². The van der Waals surface area contributed by atoms with E-state index in [9.17, 15) is 5.11 Å². The lowest BCUT2D eigenvalue weighted by atomic mass is 10.2. The van der Waals surface area contributed by atoms with Gasteiger partial charge in [-0.25, -0.2) is 0 Å². The Morgan fingerprint density at radius 3 is 2.21 bits per heavy atom. The minimum atomic E-state index is -0.373. The highest BCUT2D eigenvalue weighted by Gasteiger charge is 2.06. The van der Waals surface area contributed by atoms with Crippen LogP contribution >= 0.6 is 0 Å². The summed E-state index contributed by atoms with van der Waals surface area (Å²) in [5.74, 6) is 1.54. The summed E-state index contributed by atoms with van der Waals surface area (Å²) in [5.41, 5.74) is 1.06. The van der Waals surface area contributed by atoms with Gasteiger partial charge in [-0.15, -0.1) is 0 Å². The lowest BCUT2D eigenvalue weighted by molar-refractivity contribution is 0.134. The maximum Gasteiger partial charge on any atom is 0.122 e. The monoisotopic (exact) mass is 268 g/mol. The Balaban J connectivity index is 2.48. The Hall–Kier alpha value is -1.30. The molecule has 5 nitrogen and oxygen atoms in total. The summed E-state index contributed by atoms with van der Waals surface area (Å²) in [4.78, 5) is 1.96. The molecule has 1 rings (SSSR count). The first kappa shape index (κ1) is 15.8. The second-order valence-corrected chi connectivity index (χ2v) is 4.77. The molecule has 5 heteroatoms. The molecule has 0 saturated heterocycles. The zero-order chi connectivity index (χ0) is 14.3. The molecule has 0 aliphatic heterocycles. The minimum Gasteiger partial charge on any atom is -0.497 e. The number of aliphatic hydroxyl groups excluding tert-OH is 1. The van der Waals surface area contributed by atoms with Crippen LogP contribution in [0.3, 0.4) is 0 Å². The second kappa shape index (κ2) is 7.99. The van der Waals surface area contributed by atoms with Crippen molar-refractivity contribution >= 4 is 0 Å². The predicted molar refractivity (Wildman–Crippen MR) is 75.8 cm³/mol. The van der Waals surface area contributed by atoms with Gasteiger partial charge in [-0.2, -0.15) is 0 Å². The van der Waals surface area contributed by atoms with Crippen molar-refractivity contribution in [2.75, 3.05) is 41.4 Å². The predicted octanol–water partition coefficient (Wildman–Crippen LogP) is 0.716. The lowest BCUT2D eigenvalue weighted by Crippen LogP contribution is -2.34. The summed E-state index contributed by atoms with van der Waals surface area (Å²) < 4.78 is 10.4. The van der Waals surface area contributed by atoms with Gasteiger partial charge in [0.25, 0.3) is 0 Å². The van der Waals surface area contributed by atoms with Gasteiger partial charge in [0, 0.05) is 25.7 Å². The maximum absolute atomic E-state index is 9.75. The number of nitrogens with zero attached hydrogens (tertiary/aromatic N) is 1. The van der Waals surface area contributed by atoms with Gasteiger partial charge in [0.1, 0.15) is 11.5 Å². The lowest BCUT2D eigenvalue weighted by Gasteiger charge is -2.16. The number of ether oxygens (including phenoxy) is 2. The third kappa shape index (κ3) is 5.92. The van der Waals surface area contributed by atoms with E-state index in [1.54, 1.807) is 14.2 Å². The van der Waals surface area contributed by atoms with Crippen LogP contribution in [0.1, 0.15) is 5.56 Å². The molecule has 1 atom stereocenters. The molecule has 2 N–H and O–H groups in total. The molecule has 0 radical (unpaired) electrons. The summed E-state index contributed by atoms with van der Waals surface area (Å²) in [7, 11) is 7.14. The summed E-state index contributed by atoms with van der Waals surface area (Å²) in [6.07, 6.45) is -0.373. The topological polar surface area (TPSA) is 54.0 Å².